The molecule has 1 N–H and O–H groups in total. The van der Waals surface area contributed by atoms with Crippen LogP contribution in [-0.2, 0) is 4.79 Å². The Bertz CT molecular complexity index is 461. The summed E-state index contributed by atoms with van der Waals surface area (Å²) in [5, 5.41) is 3.98. The summed E-state index contributed by atoms with van der Waals surface area (Å²) in [6.45, 7) is 6.96. The second-order valence-electron chi connectivity index (χ2n) is 5.27. The van der Waals surface area contributed by atoms with Gasteiger partial charge < -0.3 is 10.1 Å². The fourth-order valence-corrected chi connectivity index (χ4v) is 1.91. The van der Waals surface area contributed by atoms with E-state index in [2.05, 4.69) is 5.32 Å². The first-order valence-electron chi connectivity index (χ1n) is 6.73. The molecule has 112 valence electrons. The highest BCUT2D eigenvalue weighted by molar-refractivity contribution is 6.35. The Morgan fingerprint density at radius 1 is 1.35 bits per heavy atom. The SMILES string of the molecule is CCC(C)(C)C(=O)NCCCOc1ccc(Cl)cc1Cl. The minimum absolute atomic E-state index is 0.0736. The zero-order valence-electron chi connectivity index (χ0n) is 12.1. The molecule has 0 fully saturated rings. The third kappa shape index (κ3) is 5.22. The number of amides is 1. The Balaban J connectivity index is 2.27. The number of benzene rings is 1. The summed E-state index contributed by atoms with van der Waals surface area (Å²) in [4.78, 5) is 11.8. The van der Waals surface area contributed by atoms with Crippen LogP contribution >= 0.6 is 23.2 Å². The van der Waals surface area contributed by atoms with Crippen molar-refractivity contribution in [2.45, 2.75) is 33.6 Å². The molecule has 1 amide bonds. The van der Waals surface area contributed by atoms with Crippen LogP contribution in [0.3, 0.4) is 0 Å². The molecule has 0 atom stereocenters. The van der Waals surface area contributed by atoms with Crippen LogP contribution in [-0.4, -0.2) is 19.1 Å². The van der Waals surface area contributed by atoms with E-state index in [0.717, 1.165) is 12.8 Å². The maximum absolute atomic E-state index is 11.8. The van der Waals surface area contributed by atoms with E-state index in [4.69, 9.17) is 27.9 Å². The summed E-state index contributed by atoms with van der Waals surface area (Å²) >= 11 is 11.8. The van der Waals surface area contributed by atoms with Crippen LogP contribution in [0.5, 0.6) is 5.75 Å². The molecule has 0 saturated heterocycles. The lowest BCUT2D eigenvalue weighted by Gasteiger charge is -2.21. The molecule has 0 aliphatic heterocycles. The van der Waals surface area contributed by atoms with Crippen molar-refractivity contribution in [3.05, 3.63) is 28.2 Å². The molecule has 0 aromatic heterocycles. The number of halogens is 2. The predicted molar refractivity (Wildman–Crippen MR) is 83.7 cm³/mol. The normalized spacial score (nSPS) is 11.2. The van der Waals surface area contributed by atoms with E-state index in [0.29, 0.717) is 28.9 Å². The molecule has 1 aromatic rings. The largest absolute Gasteiger partial charge is 0.492 e. The van der Waals surface area contributed by atoms with Crippen LogP contribution < -0.4 is 10.1 Å². The molecule has 3 nitrogen and oxygen atoms in total. The fraction of sp³-hybridized carbons (Fsp3) is 0.533. The van der Waals surface area contributed by atoms with Crippen molar-refractivity contribution in [2.75, 3.05) is 13.2 Å². The molecule has 0 aliphatic rings. The van der Waals surface area contributed by atoms with Gasteiger partial charge in [-0.25, -0.2) is 0 Å². The van der Waals surface area contributed by atoms with Crippen LogP contribution in [0.4, 0.5) is 0 Å². The van der Waals surface area contributed by atoms with Gasteiger partial charge in [0.05, 0.1) is 11.6 Å². The number of carbonyl (C=O) groups is 1. The molecule has 0 bridgehead atoms. The molecule has 5 heteroatoms. The van der Waals surface area contributed by atoms with Gasteiger partial charge in [0.15, 0.2) is 0 Å². The van der Waals surface area contributed by atoms with Crippen molar-refractivity contribution in [2.24, 2.45) is 5.41 Å². The highest BCUT2D eigenvalue weighted by atomic mass is 35.5. The van der Waals surface area contributed by atoms with Crippen LogP contribution in [0.1, 0.15) is 33.6 Å². The maximum Gasteiger partial charge on any atom is 0.225 e. The Morgan fingerprint density at radius 3 is 2.65 bits per heavy atom. The number of nitrogens with one attached hydrogen (secondary N) is 1. The molecule has 1 aromatic carbocycles. The van der Waals surface area contributed by atoms with E-state index >= 15 is 0 Å². The van der Waals surface area contributed by atoms with E-state index in [1.165, 1.54) is 0 Å². The van der Waals surface area contributed by atoms with Gasteiger partial charge in [-0.05, 0) is 31.0 Å². The predicted octanol–water partition coefficient (Wildman–Crippen LogP) is 4.31. The minimum atomic E-state index is -0.319. The first kappa shape index (κ1) is 17.1. The second-order valence-corrected chi connectivity index (χ2v) is 6.11. The molecule has 0 saturated carbocycles. The molecule has 1 rings (SSSR count). The Kier molecular flexibility index (Phi) is 6.63. The average molecular weight is 318 g/mol. The second kappa shape index (κ2) is 7.75. The van der Waals surface area contributed by atoms with Gasteiger partial charge in [0.1, 0.15) is 5.75 Å². The Hall–Kier alpha value is -0.930. The lowest BCUT2D eigenvalue weighted by atomic mass is 9.89. The monoisotopic (exact) mass is 317 g/mol. The zero-order valence-corrected chi connectivity index (χ0v) is 13.6. The third-order valence-electron chi connectivity index (χ3n) is 3.26. The van der Waals surface area contributed by atoms with Crippen LogP contribution in [0.15, 0.2) is 18.2 Å². The van der Waals surface area contributed by atoms with Crippen LogP contribution in [0.25, 0.3) is 0 Å². The van der Waals surface area contributed by atoms with Gasteiger partial charge in [0, 0.05) is 17.0 Å². The maximum atomic E-state index is 11.8. The van der Waals surface area contributed by atoms with Crippen LogP contribution in [0.2, 0.25) is 10.0 Å². The first-order valence-corrected chi connectivity index (χ1v) is 7.48. The summed E-state index contributed by atoms with van der Waals surface area (Å²) in [5.41, 5.74) is -0.319. The molecule has 0 aliphatic carbocycles. The Labute approximate surface area is 130 Å². The standard InChI is InChI=1S/C15H21Cl2NO2/c1-4-15(2,3)14(19)18-8-5-9-20-13-7-6-11(16)10-12(13)17/h6-7,10H,4-5,8-9H2,1-3H3,(H,18,19). The van der Waals surface area contributed by atoms with E-state index < -0.39 is 0 Å². The van der Waals surface area contributed by atoms with Crippen molar-refractivity contribution in [3.63, 3.8) is 0 Å². The number of hydrogen-bond donors (Lipinski definition) is 1. The smallest absolute Gasteiger partial charge is 0.225 e. The first-order chi connectivity index (χ1) is 9.36. The number of carbonyl (C=O) groups excluding carboxylic acids is 1. The van der Waals surface area contributed by atoms with Gasteiger partial charge in [-0.2, -0.15) is 0 Å². The minimum Gasteiger partial charge on any atom is -0.492 e. The summed E-state index contributed by atoms with van der Waals surface area (Å²) in [5.74, 6) is 0.681. The summed E-state index contributed by atoms with van der Waals surface area (Å²) in [6.07, 6.45) is 1.54. The van der Waals surface area contributed by atoms with Crippen molar-refractivity contribution in [3.8, 4) is 5.75 Å². The van der Waals surface area contributed by atoms with Crippen molar-refractivity contribution < 1.29 is 9.53 Å². The average Bonchev–Trinajstić information content (AvgIpc) is 2.40. The lowest BCUT2D eigenvalue weighted by Crippen LogP contribution is -2.37. The van der Waals surface area contributed by atoms with Gasteiger partial charge in [0.25, 0.3) is 0 Å². The number of rotatable bonds is 7. The molecule has 0 heterocycles. The molecule has 0 unspecified atom stereocenters. The van der Waals surface area contributed by atoms with Gasteiger partial charge >= 0.3 is 0 Å². The van der Waals surface area contributed by atoms with E-state index in [-0.39, 0.29) is 11.3 Å². The lowest BCUT2D eigenvalue weighted by molar-refractivity contribution is -0.129. The fourth-order valence-electron chi connectivity index (χ4n) is 1.45. The third-order valence-corrected chi connectivity index (χ3v) is 3.79. The molecular formula is C15H21Cl2NO2. The topological polar surface area (TPSA) is 38.3 Å². The number of hydrogen-bond acceptors (Lipinski definition) is 2. The van der Waals surface area contributed by atoms with E-state index in [1.807, 2.05) is 20.8 Å². The molecule has 20 heavy (non-hydrogen) atoms. The van der Waals surface area contributed by atoms with E-state index in [9.17, 15) is 4.79 Å². The van der Waals surface area contributed by atoms with Gasteiger partial charge in [-0.3, -0.25) is 4.79 Å². The van der Waals surface area contributed by atoms with Crippen molar-refractivity contribution in [1.82, 2.24) is 5.32 Å². The zero-order chi connectivity index (χ0) is 15.2. The van der Waals surface area contributed by atoms with Gasteiger partial charge in [-0.1, -0.05) is 44.0 Å². The van der Waals surface area contributed by atoms with Gasteiger partial charge in [-0.15, -0.1) is 0 Å². The highest BCUT2D eigenvalue weighted by Gasteiger charge is 2.24. The molecular weight excluding hydrogens is 297 g/mol. The summed E-state index contributed by atoms with van der Waals surface area (Å²) in [6, 6.07) is 5.11. The molecule has 0 radical (unpaired) electrons. The summed E-state index contributed by atoms with van der Waals surface area (Å²) < 4.78 is 5.54. The van der Waals surface area contributed by atoms with Crippen molar-refractivity contribution in [1.29, 1.82) is 0 Å². The van der Waals surface area contributed by atoms with Crippen LogP contribution in [0, 0.1) is 5.41 Å². The van der Waals surface area contributed by atoms with Gasteiger partial charge in [0.2, 0.25) is 5.91 Å². The number of ether oxygens (including phenoxy) is 1. The van der Waals surface area contributed by atoms with E-state index in [1.54, 1.807) is 18.2 Å². The highest BCUT2D eigenvalue weighted by Crippen LogP contribution is 2.27. The van der Waals surface area contributed by atoms with Crippen molar-refractivity contribution >= 4 is 29.1 Å². The summed E-state index contributed by atoms with van der Waals surface area (Å²) in [7, 11) is 0. The Morgan fingerprint density at radius 2 is 2.05 bits per heavy atom. The quantitative estimate of drug-likeness (QED) is 0.761. The molecule has 0 spiro atoms.